The van der Waals surface area contributed by atoms with Gasteiger partial charge in [0.25, 0.3) is 0 Å². The monoisotopic (exact) mass is 383 g/mol. The van der Waals surface area contributed by atoms with Crippen molar-refractivity contribution in [1.82, 2.24) is 5.32 Å². The summed E-state index contributed by atoms with van der Waals surface area (Å²) in [5.41, 5.74) is 3.80. The summed E-state index contributed by atoms with van der Waals surface area (Å²) in [4.78, 5) is 27.5. The number of aryl methyl sites for hydroxylation is 1. The lowest BCUT2D eigenvalue weighted by molar-refractivity contribution is -0.116. The van der Waals surface area contributed by atoms with E-state index in [0.717, 1.165) is 22.6 Å². The van der Waals surface area contributed by atoms with E-state index in [1.165, 1.54) is 17.3 Å². The molecule has 1 aliphatic rings. The summed E-state index contributed by atoms with van der Waals surface area (Å²) < 4.78 is 0. The highest BCUT2D eigenvalue weighted by molar-refractivity contribution is 8.00. The Morgan fingerprint density at radius 3 is 2.67 bits per heavy atom. The van der Waals surface area contributed by atoms with Crippen LogP contribution >= 0.6 is 11.8 Å². The van der Waals surface area contributed by atoms with Gasteiger partial charge < -0.3 is 15.5 Å². The molecular formula is C21H25N3O2S. The maximum Gasteiger partial charge on any atom is 0.319 e. The molecule has 0 radical (unpaired) electrons. The Hall–Kier alpha value is -2.47. The molecule has 0 aromatic heterocycles. The molecule has 3 rings (SSSR count). The van der Waals surface area contributed by atoms with Crippen LogP contribution in [-0.2, 0) is 11.3 Å². The lowest BCUT2D eigenvalue weighted by Gasteiger charge is -2.29. The number of fused-ring (bicyclic) bond motifs is 1. The van der Waals surface area contributed by atoms with Crippen LogP contribution < -0.4 is 15.5 Å². The van der Waals surface area contributed by atoms with Gasteiger partial charge in [-0.1, -0.05) is 36.8 Å². The maximum absolute atomic E-state index is 12.6. The Bertz CT molecular complexity index is 836. The predicted octanol–water partition coefficient (Wildman–Crippen LogP) is 4.55. The zero-order valence-electron chi connectivity index (χ0n) is 15.9. The molecule has 0 fully saturated rings. The van der Waals surface area contributed by atoms with Crippen molar-refractivity contribution in [3.05, 3.63) is 53.6 Å². The highest BCUT2D eigenvalue weighted by atomic mass is 32.2. The van der Waals surface area contributed by atoms with Gasteiger partial charge in [-0.2, -0.15) is 0 Å². The van der Waals surface area contributed by atoms with Crippen LogP contribution in [0, 0.1) is 6.92 Å². The van der Waals surface area contributed by atoms with Gasteiger partial charge >= 0.3 is 6.03 Å². The van der Waals surface area contributed by atoms with Crippen LogP contribution in [0.4, 0.5) is 16.2 Å². The number of hydrogen-bond donors (Lipinski definition) is 2. The van der Waals surface area contributed by atoms with E-state index in [1.807, 2.05) is 51.1 Å². The number of anilines is 2. The third kappa shape index (κ3) is 4.83. The van der Waals surface area contributed by atoms with E-state index in [1.54, 1.807) is 4.90 Å². The number of nitrogens with one attached hydrogen (secondary N) is 2. The average molecular weight is 384 g/mol. The molecule has 0 saturated heterocycles. The number of nitrogens with zero attached hydrogens (tertiary/aromatic N) is 1. The minimum Gasteiger partial charge on any atom is -0.335 e. The van der Waals surface area contributed by atoms with Crippen molar-refractivity contribution in [2.45, 2.75) is 44.7 Å². The summed E-state index contributed by atoms with van der Waals surface area (Å²) in [5, 5.41) is 5.75. The van der Waals surface area contributed by atoms with Crippen LogP contribution in [0.1, 0.15) is 31.4 Å². The molecule has 6 heteroatoms. The molecule has 1 heterocycles. The van der Waals surface area contributed by atoms with E-state index in [0.29, 0.717) is 18.0 Å². The zero-order valence-corrected chi connectivity index (χ0v) is 16.7. The van der Waals surface area contributed by atoms with Crippen LogP contribution in [0.3, 0.4) is 0 Å². The lowest BCUT2D eigenvalue weighted by Crippen LogP contribution is -2.36. The molecular weight excluding hydrogens is 358 g/mol. The number of hydrogen-bond acceptors (Lipinski definition) is 3. The normalized spacial score (nSPS) is 14.5. The minimum atomic E-state index is -0.232. The summed E-state index contributed by atoms with van der Waals surface area (Å²) in [6.07, 6.45) is 0.868. The molecule has 27 heavy (non-hydrogen) atoms. The number of amides is 3. The molecule has 0 unspecified atom stereocenters. The third-order valence-corrected chi connectivity index (χ3v) is 5.66. The maximum atomic E-state index is 12.6. The first-order chi connectivity index (χ1) is 13.0. The fourth-order valence-electron chi connectivity index (χ4n) is 2.82. The van der Waals surface area contributed by atoms with Crippen molar-refractivity contribution >= 4 is 35.1 Å². The van der Waals surface area contributed by atoms with E-state index < -0.39 is 0 Å². The van der Waals surface area contributed by atoms with Crippen molar-refractivity contribution in [3.8, 4) is 0 Å². The van der Waals surface area contributed by atoms with Crippen LogP contribution in [0.5, 0.6) is 0 Å². The summed E-state index contributed by atoms with van der Waals surface area (Å²) >= 11 is 1.54. The topological polar surface area (TPSA) is 61.4 Å². The Morgan fingerprint density at radius 1 is 1.22 bits per heavy atom. The summed E-state index contributed by atoms with van der Waals surface area (Å²) in [7, 11) is 0. The summed E-state index contributed by atoms with van der Waals surface area (Å²) in [6.45, 7) is 6.56. The molecule has 0 saturated carbocycles. The first-order valence-electron chi connectivity index (χ1n) is 9.16. The minimum absolute atomic E-state index is 0.0780. The van der Waals surface area contributed by atoms with Crippen molar-refractivity contribution in [2.24, 2.45) is 0 Å². The van der Waals surface area contributed by atoms with Crippen LogP contribution in [0.25, 0.3) is 0 Å². The van der Waals surface area contributed by atoms with Crippen LogP contribution in [-0.4, -0.2) is 23.7 Å². The van der Waals surface area contributed by atoms with Gasteiger partial charge in [-0.15, -0.1) is 11.8 Å². The number of thioether (sulfide) groups is 1. The fraction of sp³-hybridized carbons (Fsp3) is 0.333. The molecule has 0 spiro atoms. The van der Waals surface area contributed by atoms with Gasteiger partial charge in [-0.25, -0.2) is 4.79 Å². The summed E-state index contributed by atoms with van der Waals surface area (Å²) in [5.74, 6) is 0.509. The van der Waals surface area contributed by atoms with E-state index in [-0.39, 0.29) is 18.0 Å². The fourth-order valence-corrected chi connectivity index (χ4v) is 3.74. The van der Waals surface area contributed by atoms with E-state index in [4.69, 9.17) is 0 Å². The first kappa shape index (κ1) is 19.3. The first-order valence-corrected chi connectivity index (χ1v) is 10.1. The molecule has 5 nitrogen and oxygen atoms in total. The van der Waals surface area contributed by atoms with Gasteiger partial charge in [0, 0.05) is 16.6 Å². The Kier molecular flexibility index (Phi) is 6.06. The van der Waals surface area contributed by atoms with E-state index in [2.05, 4.69) is 22.8 Å². The van der Waals surface area contributed by atoms with Crippen molar-refractivity contribution < 1.29 is 9.59 Å². The van der Waals surface area contributed by atoms with Gasteiger partial charge in [0.05, 0.1) is 18.0 Å². The third-order valence-electron chi connectivity index (χ3n) is 4.61. The smallest absolute Gasteiger partial charge is 0.319 e. The lowest BCUT2D eigenvalue weighted by atomic mass is 10.1. The Labute approximate surface area is 164 Å². The molecule has 0 aliphatic carbocycles. The van der Waals surface area contributed by atoms with Crippen molar-refractivity contribution in [2.75, 3.05) is 16.0 Å². The van der Waals surface area contributed by atoms with Gasteiger partial charge in [0.2, 0.25) is 5.91 Å². The Morgan fingerprint density at radius 2 is 1.96 bits per heavy atom. The number of carbonyl (C=O) groups is 2. The zero-order chi connectivity index (χ0) is 19.4. The van der Waals surface area contributed by atoms with Crippen LogP contribution in [0.15, 0.2) is 47.4 Å². The van der Waals surface area contributed by atoms with Crippen molar-refractivity contribution in [3.63, 3.8) is 0 Å². The summed E-state index contributed by atoms with van der Waals surface area (Å²) in [6, 6.07) is 13.8. The van der Waals surface area contributed by atoms with Crippen LogP contribution in [0.2, 0.25) is 0 Å². The van der Waals surface area contributed by atoms with Gasteiger partial charge in [-0.3, -0.25) is 4.79 Å². The van der Waals surface area contributed by atoms with Gasteiger partial charge in [0.15, 0.2) is 0 Å². The van der Waals surface area contributed by atoms with E-state index in [9.17, 15) is 9.59 Å². The molecule has 0 bridgehead atoms. The van der Waals surface area contributed by atoms with Crippen molar-refractivity contribution in [1.29, 1.82) is 0 Å². The largest absolute Gasteiger partial charge is 0.335 e. The number of urea groups is 1. The molecule has 2 N–H and O–H groups in total. The molecule has 1 atom stereocenters. The number of carbonyl (C=O) groups excluding carboxylic acids is 2. The predicted molar refractivity (Wildman–Crippen MR) is 111 cm³/mol. The average Bonchev–Trinajstić information content (AvgIpc) is 2.65. The van der Waals surface area contributed by atoms with Gasteiger partial charge in [-0.05, 0) is 44.0 Å². The van der Waals surface area contributed by atoms with E-state index >= 15 is 0 Å². The second-order valence-electron chi connectivity index (χ2n) is 6.84. The molecule has 142 valence electrons. The second kappa shape index (κ2) is 8.48. The number of rotatable bonds is 5. The molecule has 2 aromatic carbocycles. The Balaban J connectivity index is 1.81. The standard InChI is InChI=1S/C21H25N3O2S/c1-4-15(3)22-21(26)23-17-9-10-19-18(11-17)24(20(25)13-27-19)12-16-7-5-14(2)6-8-16/h5-11,15H,4,12-13H2,1-3H3,(H2,22,23,26)/t15-/m1/s1. The van der Waals surface area contributed by atoms with Gasteiger partial charge in [0.1, 0.15) is 0 Å². The molecule has 3 amide bonds. The highest BCUT2D eigenvalue weighted by Crippen LogP contribution is 2.38. The molecule has 2 aromatic rings. The quantitative estimate of drug-likeness (QED) is 0.796. The number of benzene rings is 2. The molecule has 1 aliphatic heterocycles. The SMILES string of the molecule is CC[C@@H](C)NC(=O)Nc1ccc2c(c1)N(Cc1ccc(C)cc1)C(=O)CS2. The highest BCUT2D eigenvalue weighted by Gasteiger charge is 2.25. The second-order valence-corrected chi connectivity index (χ2v) is 7.86.